The van der Waals surface area contributed by atoms with Crippen LogP contribution in [0.3, 0.4) is 0 Å². The molecule has 0 fully saturated rings. The maximum Gasteiger partial charge on any atom is 0.258 e. The van der Waals surface area contributed by atoms with Crippen LogP contribution < -0.4 is 10.7 Å². The van der Waals surface area contributed by atoms with Gasteiger partial charge in [0, 0.05) is 0 Å². The lowest BCUT2D eigenvalue weighted by atomic mass is 10.2. The molecule has 0 atom stereocenters. The molecule has 16 heavy (non-hydrogen) atoms. The molecular weight excluding hydrogens is 230 g/mol. The largest absolute Gasteiger partial charge is 0.313 e. The van der Waals surface area contributed by atoms with E-state index < -0.39 is 15.6 Å². The van der Waals surface area contributed by atoms with E-state index in [0.717, 1.165) is 0 Å². The minimum atomic E-state index is -3.82. The van der Waals surface area contributed by atoms with Crippen molar-refractivity contribution in [3.63, 3.8) is 0 Å². The summed E-state index contributed by atoms with van der Waals surface area (Å²) in [6.07, 6.45) is 1.26. The van der Waals surface area contributed by atoms with Crippen LogP contribution in [0.25, 0.3) is 10.9 Å². The first-order valence-electron chi connectivity index (χ1n) is 4.40. The van der Waals surface area contributed by atoms with E-state index in [1.807, 2.05) is 0 Å². The Morgan fingerprint density at radius 2 is 2.06 bits per heavy atom. The first-order chi connectivity index (χ1) is 7.39. The van der Waals surface area contributed by atoms with Gasteiger partial charge in [-0.1, -0.05) is 0 Å². The Labute approximate surface area is 91.2 Å². The molecule has 1 heterocycles. The zero-order valence-corrected chi connectivity index (χ0v) is 9.21. The number of nitrogens with zero attached hydrogens (tertiary/aromatic N) is 1. The molecule has 3 N–H and O–H groups in total. The lowest BCUT2D eigenvalue weighted by Gasteiger charge is -2.04. The van der Waals surface area contributed by atoms with Crippen molar-refractivity contribution in [1.29, 1.82) is 0 Å². The van der Waals surface area contributed by atoms with E-state index in [1.165, 1.54) is 18.5 Å². The van der Waals surface area contributed by atoms with Gasteiger partial charge in [0.25, 0.3) is 5.56 Å². The fraction of sp³-hybridized carbons (Fsp3) is 0.111. The van der Waals surface area contributed by atoms with E-state index in [4.69, 9.17) is 5.14 Å². The summed E-state index contributed by atoms with van der Waals surface area (Å²) in [5, 5.41) is 5.24. The number of sulfonamides is 1. The van der Waals surface area contributed by atoms with Gasteiger partial charge in [0.2, 0.25) is 10.0 Å². The number of hydrogen-bond donors (Lipinski definition) is 2. The number of benzene rings is 1. The molecule has 0 aliphatic rings. The maximum atomic E-state index is 11.4. The topological polar surface area (TPSA) is 106 Å². The SMILES string of the molecule is Cc1cc2nc[nH]c(=O)c2cc1S(N)(=O)=O. The normalized spacial score (nSPS) is 11.9. The lowest BCUT2D eigenvalue weighted by molar-refractivity contribution is 0.597. The van der Waals surface area contributed by atoms with Crippen LogP contribution in [0.4, 0.5) is 0 Å². The van der Waals surface area contributed by atoms with Crippen molar-refractivity contribution in [3.8, 4) is 0 Å². The number of primary sulfonamides is 1. The molecule has 0 saturated heterocycles. The second-order valence-electron chi connectivity index (χ2n) is 3.41. The van der Waals surface area contributed by atoms with Crippen molar-refractivity contribution in [1.82, 2.24) is 9.97 Å². The van der Waals surface area contributed by atoms with E-state index in [-0.39, 0.29) is 10.3 Å². The molecule has 1 aromatic carbocycles. The number of nitrogens with one attached hydrogen (secondary N) is 1. The van der Waals surface area contributed by atoms with Gasteiger partial charge in [0.05, 0.1) is 22.1 Å². The van der Waals surface area contributed by atoms with Gasteiger partial charge in [-0.15, -0.1) is 0 Å². The smallest absolute Gasteiger partial charge is 0.258 e. The van der Waals surface area contributed by atoms with Crippen LogP contribution >= 0.6 is 0 Å². The molecule has 2 rings (SSSR count). The Balaban J connectivity index is 2.96. The zero-order valence-electron chi connectivity index (χ0n) is 8.39. The van der Waals surface area contributed by atoms with E-state index in [0.29, 0.717) is 11.1 Å². The van der Waals surface area contributed by atoms with Crippen LogP contribution in [0.15, 0.2) is 28.2 Å². The summed E-state index contributed by atoms with van der Waals surface area (Å²) in [4.78, 5) is 17.7. The van der Waals surface area contributed by atoms with Crippen molar-refractivity contribution in [2.75, 3.05) is 0 Å². The van der Waals surface area contributed by atoms with Crippen LogP contribution in [0.5, 0.6) is 0 Å². The molecule has 1 aromatic heterocycles. The third-order valence-electron chi connectivity index (χ3n) is 2.24. The fourth-order valence-electron chi connectivity index (χ4n) is 1.51. The second-order valence-corrected chi connectivity index (χ2v) is 4.94. The van der Waals surface area contributed by atoms with E-state index >= 15 is 0 Å². The predicted octanol–water partition coefficient (Wildman–Crippen LogP) is -0.121. The minimum absolute atomic E-state index is 0.0569. The molecule has 2 aromatic rings. The Morgan fingerprint density at radius 1 is 1.38 bits per heavy atom. The van der Waals surface area contributed by atoms with Crippen molar-refractivity contribution in [3.05, 3.63) is 34.4 Å². The van der Waals surface area contributed by atoms with Gasteiger partial charge in [-0.05, 0) is 24.6 Å². The Hall–Kier alpha value is -1.73. The molecular formula is C9H9N3O3S. The minimum Gasteiger partial charge on any atom is -0.313 e. The molecule has 0 aliphatic carbocycles. The molecule has 0 unspecified atom stereocenters. The number of aryl methyl sites for hydroxylation is 1. The van der Waals surface area contributed by atoms with Crippen molar-refractivity contribution >= 4 is 20.9 Å². The molecule has 0 radical (unpaired) electrons. The third kappa shape index (κ3) is 1.70. The standard InChI is InChI=1S/C9H9N3O3S/c1-5-2-7-6(9(13)12-4-11-7)3-8(5)16(10,14)15/h2-4H,1H3,(H2,10,14,15)(H,11,12,13). The summed E-state index contributed by atoms with van der Waals surface area (Å²) in [6.45, 7) is 1.60. The number of hydrogen-bond acceptors (Lipinski definition) is 4. The average Bonchev–Trinajstić information content (AvgIpc) is 2.15. The summed E-state index contributed by atoms with van der Waals surface area (Å²) in [7, 11) is -3.82. The summed E-state index contributed by atoms with van der Waals surface area (Å²) >= 11 is 0. The monoisotopic (exact) mass is 239 g/mol. The maximum absolute atomic E-state index is 11.4. The van der Waals surface area contributed by atoms with Crippen LogP contribution in [-0.4, -0.2) is 18.4 Å². The molecule has 0 aliphatic heterocycles. The van der Waals surface area contributed by atoms with Gasteiger partial charge in [-0.3, -0.25) is 4.79 Å². The van der Waals surface area contributed by atoms with Crippen LogP contribution in [0.1, 0.15) is 5.56 Å². The number of H-pyrrole nitrogens is 1. The zero-order chi connectivity index (χ0) is 11.9. The highest BCUT2D eigenvalue weighted by Gasteiger charge is 2.13. The molecule has 6 nitrogen and oxygen atoms in total. The highest BCUT2D eigenvalue weighted by Crippen LogP contribution is 2.18. The van der Waals surface area contributed by atoms with Gasteiger partial charge in [-0.25, -0.2) is 18.5 Å². The van der Waals surface area contributed by atoms with Gasteiger partial charge in [0.15, 0.2) is 0 Å². The summed E-state index contributed by atoms with van der Waals surface area (Å²) in [6, 6.07) is 2.76. The van der Waals surface area contributed by atoms with Crippen LogP contribution in [0.2, 0.25) is 0 Å². The van der Waals surface area contributed by atoms with Crippen molar-refractivity contribution in [2.24, 2.45) is 5.14 Å². The van der Waals surface area contributed by atoms with Crippen molar-refractivity contribution in [2.45, 2.75) is 11.8 Å². The van der Waals surface area contributed by atoms with E-state index in [2.05, 4.69) is 9.97 Å². The first-order valence-corrected chi connectivity index (χ1v) is 5.95. The van der Waals surface area contributed by atoms with Crippen molar-refractivity contribution < 1.29 is 8.42 Å². The Morgan fingerprint density at radius 3 is 2.69 bits per heavy atom. The quantitative estimate of drug-likeness (QED) is 0.723. The van der Waals surface area contributed by atoms with Crippen LogP contribution in [-0.2, 0) is 10.0 Å². The summed E-state index contributed by atoms with van der Waals surface area (Å²) < 4.78 is 22.5. The number of aromatic amines is 1. The highest BCUT2D eigenvalue weighted by molar-refractivity contribution is 7.89. The fourth-order valence-corrected chi connectivity index (χ4v) is 2.30. The summed E-state index contributed by atoms with van der Waals surface area (Å²) in [5.41, 5.74) is 0.511. The molecule has 0 amide bonds. The highest BCUT2D eigenvalue weighted by atomic mass is 32.2. The third-order valence-corrected chi connectivity index (χ3v) is 3.30. The second kappa shape index (κ2) is 3.39. The van der Waals surface area contributed by atoms with Crippen LogP contribution in [0, 0.1) is 6.92 Å². The summed E-state index contributed by atoms with van der Waals surface area (Å²) in [5.74, 6) is 0. The molecule has 0 bridgehead atoms. The van der Waals surface area contributed by atoms with Gasteiger partial charge in [-0.2, -0.15) is 0 Å². The van der Waals surface area contributed by atoms with Gasteiger partial charge < -0.3 is 4.98 Å². The molecule has 0 saturated carbocycles. The Kier molecular flexibility index (Phi) is 2.28. The number of fused-ring (bicyclic) bond motifs is 1. The van der Waals surface area contributed by atoms with E-state index in [1.54, 1.807) is 6.92 Å². The number of aromatic nitrogens is 2. The lowest BCUT2D eigenvalue weighted by Crippen LogP contribution is -2.15. The Bertz CT molecular complexity index is 718. The molecule has 84 valence electrons. The average molecular weight is 239 g/mol. The first kappa shape index (κ1) is 10.8. The molecule has 0 spiro atoms. The van der Waals surface area contributed by atoms with Gasteiger partial charge in [0.1, 0.15) is 0 Å². The van der Waals surface area contributed by atoms with E-state index in [9.17, 15) is 13.2 Å². The predicted molar refractivity (Wildman–Crippen MR) is 58.5 cm³/mol. The number of rotatable bonds is 1. The number of nitrogens with two attached hydrogens (primary N) is 1. The van der Waals surface area contributed by atoms with Gasteiger partial charge >= 0.3 is 0 Å². The molecule has 7 heteroatoms.